The van der Waals surface area contributed by atoms with Gasteiger partial charge in [-0.15, -0.1) is 0 Å². The van der Waals surface area contributed by atoms with E-state index >= 15 is 0 Å². The predicted octanol–water partition coefficient (Wildman–Crippen LogP) is 1.58. The molecule has 0 atom stereocenters. The van der Waals surface area contributed by atoms with Gasteiger partial charge in [0.25, 0.3) is 5.91 Å². The minimum atomic E-state index is -0.278. The van der Waals surface area contributed by atoms with Crippen LogP contribution in [-0.2, 0) is 9.63 Å². The summed E-state index contributed by atoms with van der Waals surface area (Å²) in [6.45, 7) is 7.51. The number of allylic oxidation sites excluding steroid dienone is 1. The third kappa shape index (κ3) is 5.68. The Morgan fingerprint density at radius 2 is 2.25 bits per heavy atom. The molecule has 0 saturated heterocycles. The third-order valence-corrected chi connectivity index (χ3v) is 1.13. The maximum absolute atomic E-state index is 10.8. The number of hydrogen-bond donors (Lipinski definition) is 1. The normalized spacial score (nSPS) is 10.2. The smallest absolute Gasteiger partial charge is 0.269 e. The molecule has 0 heterocycles. The zero-order chi connectivity index (χ0) is 9.40. The van der Waals surface area contributed by atoms with Crippen LogP contribution in [0.3, 0.4) is 0 Å². The van der Waals surface area contributed by atoms with Gasteiger partial charge >= 0.3 is 0 Å². The maximum atomic E-state index is 10.8. The summed E-state index contributed by atoms with van der Waals surface area (Å²) in [6.07, 6.45) is 4.78. The molecule has 0 fully saturated rings. The monoisotopic (exact) mass is 169 g/mol. The summed E-state index contributed by atoms with van der Waals surface area (Å²) in [4.78, 5) is 15.6. The summed E-state index contributed by atoms with van der Waals surface area (Å²) >= 11 is 0. The van der Waals surface area contributed by atoms with E-state index in [0.29, 0.717) is 12.2 Å². The van der Waals surface area contributed by atoms with E-state index < -0.39 is 0 Å². The second-order valence-electron chi connectivity index (χ2n) is 2.40. The van der Waals surface area contributed by atoms with Crippen molar-refractivity contribution in [3.05, 3.63) is 24.3 Å². The Morgan fingerprint density at radius 3 is 2.75 bits per heavy atom. The number of hydroxylamine groups is 1. The zero-order valence-electron chi connectivity index (χ0n) is 7.59. The standard InChI is InChI=1S/C9H15NO2/c1-4-5-6-7-12-10-9(11)8(2)3/h5-6H,2,4,7H2,1,3H3,(H,10,11)/b6-5+. The summed E-state index contributed by atoms with van der Waals surface area (Å²) in [5, 5.41) is 0. The van der Waals surface area contributed by atoms with E-state index in [1.54, 1.807) is 6.92 Å². The first kappa shape index (κ1) is 10.9. The lowest BCUT2D eigenvalue weighted by Gasteiger charge is -2.01. The van der Waals surface area contributed by atoms with E-state index in [2.05, 4.69) is 12.1 Å². The first-order valence-corrected chi connectivity index (χ1v) is 3.91. The second-order valence-corrected chi connectivity index (χ2v) is 2.40. The Labute approximate surface area is 73.1 Å². The summed E-state index contributed by atoms with van der Waals surface area (Å²) < 4.78 is 0. The molecule has 0 saturated carbocycles. The molecule has 0 aliphatic heterocycles. The average Bonchev–Trinajstić information content (AvgIpc) is 2.03. The van der Waals surface area contributed by atoms with E-state index in [4.69, 9.17) is 4.84 Å². The van der Waals surface area contributed by atoms with Gasteiger partial charge in [0, 0.05) is 5.57 Å². The molecule has 0 aliphatic rings. The van der Waals surface area contributed by atoms with Gasteiger partial charge in [-0.3, -0.25) is 9.63 Å². The Kier molecular flexibility index (Phi) is 6.01. The van der Waals surface area contributed by atoms with Gasteiger partial charge in [-0.25, -0.2) is 5.48 Å². The van der Waals surface area contributed by atoms with Crippen LogP contribution in [0.4, 0.5) is 0 Å². The van der Waals surface area contributed by atoms with Crippen LogP contribution in [0.25, 0.3) is 0 Å². The first-order chi connectivity index (χ1) is 5.68. The first-order valence-electron chi connectivity index (χ1n) is 3.91. The molecule has 3 heteroatoms. The van der Waals surface area contributed by atoms with Gasteiger partial charge in [0.05, 0.1) is 6.61 Å². The van der Waals surface area contributed by atoms with Crippen molar-refractivity contribution in [1.82, 2.24) is 5.48 Å². The number of rotatable bonds is 5. The van der Waals surface area contributed by atoms with Gasteiger partial charge in [-0.05, 0) is 13.3 Å². The van der Waals surface area contributed by atoms with Crippen LogP contribution in [0.2, 0.25) is 0 Å². The summed E-state index contributed by atoms with van der Waals surface area (Å²) in [6, 6.07) is 0. The van der Waals surface area contributed by atoms with Crippen LogP contribution in [0.1, 0.15) is 20.3 Å². The molecule has 0 bridgehead atoms. The highest BCUT2D eigenvalue weighted by atomic mass is 16.6. The SMILES string of the molecule is C=C(C)C(=O)NOC/C=C/CC. The minimum absolute atomic E-state index is 0.278. The van der Waals surface area contributed by atoms with Crippen molar-refractivity contribution in [1.29, 1.82) is 0 Å². The van der Waals surface area contributed by atoms with Crippen LogP contribution in [0.5, 0.6) is 0 Å². The lowest BCUT2D eigenvalue weighted by atomic mass is 10.3. The Bertz CT molecular complexity index is 185. The highest BCUT2D eigenvalue weighted by Crippen LogP contribution is 1.85. The van der Waals surface area contributed by atoms with E-state index in [1.165, 1.54) is 0 Å². The van der Waals surface area contributed by atoms with Crippen LogP contribution in [0, 0.1) is 0 Å². The highest BCUT2D eigenvalue weighted by Gasteiger charge is 1.98. The Hall–Kier alpha value is -1.09. The van der Waals surface area contributed by atoms with Crippen molar-refractivity contribution >= 4 is 5.91 Å². The molecule has 0 unspecified atom stereocenters. The van der Waals surface area contributed by atoms with Crippen LogP contribution >= 0.6 is 0 Å². The molecule has 3 nitrogen and oxygen atoms in total. The number of hydrogen-bond acceptors (Lipinski definition) is 2. The molecular weight excluding hydrogens is 154 g/mol. The summed E-state index contributed by atoms with van der Waals surface area (Å²) in [7, 11) is 0. The molecule has 0 aromatic rings. The lowest BCUT2D eigenvalue weighted by molar-refractivity contribution is -0.128. The van der Waals surface area contributed by atoms with E-state index in [9.17, 15) is 4.79 Å². The van der Waals surface area contributed by atoms with Crippen molar-refractivity contribution in [3.8, 4) is 0 Å². The van der Waals surface area contributed by atoms with Gasteiger partial charge in [-0.2, -0.15) is 0 Å². The van der Waals surface area contributed by atoms with Crippen molar-refractivity contribution in [2.24, 2.45) is 0 Å². The molecular formula is C9H15NO2. The number of nitrogens with one attached hydrogen (secondary N) is 1. The topological polar surface area (TPSA) is 38.3 Å². The third-order valence-electron chi connectivity index (χ3n) is 1.13. The minimum Gasteiger partial charge on any atom is -0.269 e. The Morgan fingerprint density at radius 1 is 1.58 bits per heavy atom. The van der Waals surface area contributed by atoms with Crippen molar-refractivity contribution in [2.75, 3.05) is 6.61 Å². The number of carbonyl (C=O) groups is 1. The van der Waals surface area contributed by atoms with Gasteiger partial charge in [0.2, 0.25) is 0 Å². The van der Waals surface area contributed by atoms with E-state index in [1.807, 2.05) is 19.1 Å². The van der Waals surface area contributed by atoms with E-state index in [-0.39, 0.29) is 5.91 Å². The molecule has 0 rings (SSSR count). The van der Waals surface area contributed by atoms with Crippen molar-refractivity contribution in [2.45, 2.75) is 20.3 Å². The van der Waals surface area contributed by atoms with Gasteiger partial charge < -0.3 is 0 Å². The molecule has 0 aromatic carbocycles. The average molecular weight is 169 g/mol. The van der Waals surface area contributed by atoms with Crippen LogP contribution in [0.15, 0.2) is 24.3 Å². The zero-order valence-corrected chi connectivity index (χ0v) is 7.59. The fourth-order valence-electron chi connectivity index (χ4n) is 0.477. The predicted molar refractivity (Wildman–Crippen MR) is 48.3 cm³/mol. The molecule has 0 aromatic heterocycles. The van der Waals surface area contributed by atoms with Crippen molar-refractivity contribution < 1.29 is 9.63 Å². The van der Waals surface area contributed by atoms with Gasteiger partial charge in [-0.1, -0.05) is 25.7 Å². The van der Waals surface area contributed by atoms with Crippen LogP contribution < -0.4 is 5.48 Å². The van der Waals surface area contributed by atoms with Crippen LogP contribution in [-0.4, -0.2) is 12.5 Å². The molecule has 0 radical (unpaired) electrons. The molecule has 0 aliphatic carbocycles. The second kappa shape index (κ2) is 6.61. The molecule has 1 amide bonds. The molecule has 0 spiro atoms. The molecule has 12 heavy (non-hydrogen) atoms. The number of amides is 1. The Balaban J connectivity index is 3.38. The molecule has 1 N–H and O–H groups in total. The summed E-state index contributed by atoms with van der Waals surface area (Å²) in [5.74, 6) is -0.278. The fourth-order valence-corrected chi connectivity index (χ4v) is 0.477. The fraction of sp³-hybridized carbons (Fsp3) is 0.444. The maximum Gasteiger partial charge on any atom is 0.269 e. The van der Waals surface area contributed by atoms with E-state index in [0.717, 1.165) is 6.42 Å². The highest BCUT2D eigenvalue weighted by molar-refractivity contribution is 5.91. The van der Waals surface area contributed by atoms with Crippen molar-refractivity contribution in [3.63, 3.8) is 0 Å². The van der Waals surface area contributed by atoms with Gasteiger partial charge in [0.15, 0.2) is 0 Å². The lowest BCUT2D eigenvalue weighted by Crippen LogP contribution is -2.23. The summed E-state index contributed by atoms with van der Waals surface area (Å²) in [5.41, 5.74) is 2.69. The van der Waals surface area contributed by atoms with Gasteiger partial charge in [0.1, 0.15) is 0 Å². The quantitative estimate of drug-likeness (QED) is 0.293. The number of carbonyl (C=O) groups excluding carboxylic acids is 1. The largest absolute Gasteiger partial charge is 0.269 e. The molecule has 68 valence electrons.